The zero-order valence-corrected chi connectivity index (χ0v) is 8.10. The first-order valence-electron chi connectivity index (χ1n) is 5.34. The third-order valence-corrected chi connectivity index (χ3v) is 3.22. The Kier molecular flexibility index (Phi) is 3.96. The summed E-state index contributed by atoms with van der Waals surface area (Å²) in [5, 5.41) is 0. The summed E-state index contributed by atoms with van der Waals surface area (Å²) in [6, 6.07) is 0. The van der Waals surface area contributed by atoms with E-state index >= 15 is 0 Å². The quantitative estimate of drug-likeness (QED) is 0.576. The lowest BCUT2D eigenvalue weighted by Crippen LogP contribution is -2.16. The molecule has 0 amide bonds. The van der Waals surface area contributed by atoms with Crippen LogP contribution in [0.1, 0.15) is 58.8 Å². The van der Waals surface area contributed by atoms with Crippen LogP contribution in [-0.4, -0.2) is 0 Å². The fourth-order valence-corrected chi connectivity index (χ4v) is 2.29. The van der Waals surface area contributed by atoms with E-state index in [0.29, 0.717) is 0 Å². The van der Waals surface area contributed by atoms with Gasteiger partial charge in [-0.15, -0.1) is 0 Å². The predicted octanol–water partition coefficient (Wildman–Crippen LogP) is 4.00. The van der Waals surface area contributed by atoms with Crippen molar-refractivity contribution in [2.45, 2.75) is 58.8 Å². The molecular formula is C11H22. The average Bonchev–Trinajstić information content (AvgIpc) is 2.03. The van der Waals surface area contributed by atoms with Gasteiger partial charge in [-0.3, -0.25) is 0 Å². The van der Waals surface area contributed by atoms with Crippen molar-refractivity contribution in [3.8, 4) is 0 Å². The van der Waals surface area contributed by atoms with Crippen LogP contribution in [0.3, 0.4) is 0 Å². The molecule has 1 rings (SSSR count). The molecule has 0 aromatic carbocycles. The summed E-state index contributed by atoms with van der Waals surface area (Å²) in [5.74, 6) is 2.10. The zero-order chi connectivity index (χ0) is 8.10. The third-order valence-electron chi connectivity index (χ3n) is 3.22. The fraction of sp³-hybridized carbons (Fsp3) is 1.00. The molecule has 0 N–H and O–H groups in total. The average molecular weight is 154 g/mol. The Morgan fingerprint density at radius 2 is 1.91 bits per heavy atom. The molecule has 0 aliphatic heterocycles. The van der Waals surface area contributed by atoms with Crippen LogP contribution in [0.15, 0.2) is 0 Å². The second-order valence-electron chi connectivity index (χ2n) is 4.16. The Bertz CT molecular complexity index is 96.2. The number of hydrogen-bond acceptors (Lipinski definition) is 0. The van der Waals surface area contributed by atoms with Crippen molar-refractivity contribution in [1.82, 2.24) is 0 Å². The first-order valence-corrected chi connectivity index (χ1v) is 5.34. The maximum absolute atomic E-state index is 2.44. The minimum Gasteiger partial charge on any atom is -0.0654 e. The van der Waals surface area contributed by atoms with Gasteiger partial charge < -0.3 is 0 Å². The molecule has 0 spiro atoms. The molecule has 0 aromatic heterocycles. The van der Waals surface area contributed by atoms with Gasteiger partial charge in [0.05, 0.1) is 0 Å². The van der Waals surface area contributed by atoms with Gasteiger partial charge in [-0.1, -0.05) is 58.8 Å². The van der Waals surface area contributed by atoms with Crippen molar-refractivity contribution in [2.24, 2.45) is 11.8 Å². The Morgan fingerprint density at radius 1 is 1.18 bits per heavy atom. The van der Waals surface area contributed by atoms with E-state index in [2.05, 4.69) is 13.8 Å². The Hall–Kier alpha value is 0. The summed E-state index contributed by atoms with van der Waals surface area (Å²) in [7, 11) is 0. The van der Waals surface area contributed by atoms with Gasteiger partial charge in [-0.2, -0.15) is 0 Å². The van der Waals surface area contributed by atoms with Crippen LogP contribution in [0.25, 0.3) is 0 Å². The summed E-state index contributed by atoms with van der Waals surface area (Å²) < 4.78 is 0. The Labute approximate surface area is 71.4 Å². The molecule has 0 heterocycles. The van der Waals surface area contributed by atoms with Gasteiger partial charge in [-0.25, -0.2) is 0 Å². The van der Waals surface area contributed by atoms with Gasteiger partial charge in [0.25, 0.3) is 0 Å². The molecule has 1 aliphatic carbocycles. The van der Waals surface area contributed by atoms with Crippen LogP contribution >= 0.6 is 0 Å². The van der Waals surface area contributed by atoms with Crippen molar-refractivity contribution in [3.63, 3.8) is 0 Å². The zero-order valence-electron chi connectivity index (χ0n) is 8.10. The van der Waals surface area contributed by atoms with E-state index < -0.39 is 0 Å². The van der Waals surface area contributed by atoms with E-state index in [4.69, 9.17) is 0 Å². The summed E-state index contributed by atoms with van der Waals surface area (Å²) in [5.41, 5.74) is 0. The van der Waals surface area contributed by atoms with Gasteiger partial charge in [0, 0.05) is 0 Å². The van der Waals surface area contributed by atoms with Crippen LogP contribution in [-0.2, 0) is 0 Å². The minimum absolute atomic E-state index is 1.02. The van der Waals surface area contributed by atoms with Gasteiger partial charge >= 0.3 is 0 Å². The van der Waals surface area contributed by atoms with Crippen molar-refractivity contribution >= 4 is 0 Å². The lowest BCUT2D eigenvalue weighted by molar-refractivity contribution is 0.237. The van der Waals surface area contributed by atoms with E-state index in [1.807, 2.05) is 0 Å². The summed E-state index contributed by atoms with van der Waals surface area (Å²) >= 11 is 0. The molecule has 0 aromatic rings. The van der Waals surface area contributed by atoms with E-state index in [1.54, 1.807) is 0 Å². The standard InChI is InChI=1S/C11H22/c1-3-4-8-11-9-6-5-7-10(11)2/h10-11H,3-9H2,1-2H3/t10-,11-/m1/s1. The molecule has 11 heavy (non-hydrogen) atoms. The van der Waals surface area contributed by atoms with Gasteiger partial charge in [0.2, 0.25) is 0 Å². The number of hydrogen-bond donors (Lipinski definition) is 0. The first kappa shape index (κ1) is 9.09. The first-order chi connectivity index (χ1) is 5.34. The van der Waals surface area contributed by atoms with Crippen LogP contribution in [0.2, 0.25) is 0 Å². The van der Waals surface area contributed by atoms with Crippen molar-refractivity contribution in [1.29, 1.82) is 0 Å². The fourth-order valence-electron chi connectivity index (χ4n) is 2.29. The Balaban J connectivity index is 2.18. The molecule has 0 nitrogen and oxygen atoms in total. The molecule has 0 saturated heterocycles. The van der Waals surface area contributed by atoms with E-state index in [-0.39, 0.29) is 0 Å². The molecular weight excluding hydrogens is 132 g/mol. The smallest absolute Gasteiger partial charge is 0.0388 e. The molecule has 0 bridgehead atoms. The molecule has 0 radical (unpaired) electrons. The van der Waals surface area contributed by atoms with Crippen molar-refractivity contribution in [3.05, 3.63) is 0 Å². The molecule has 1 aliphatic rings. The molecule has 1 fully saturated rings. The molecule has 1 saturated carbocycles. The summed E-state index contributed by atoms with van der Waals surface area (Å²) in [6.45, 7) is 4.74. The summed E-state index contributed by atoms with van der Waals surface area (Å²) in [4.78, 5) is 0. The van der Waals surface area contributed by atoms with E-state index in [1.165, 1.54) is 44.9 Å². The van der Waals surface area contributed by atoms with Crippen molar-refractivity contribution < 1.29 is 0 Å². The van der Waals surface area contributed by atoms with Crippen LogP contribution in [0, 0.1) is 11.8 Å². The second-order valence-corrected chi connectivity index (χ2v) is 4.16. The largest absolute Gasteiger partial charge is 0.0654 e. The number of unbranched alkanes of at least 4 members (excludes halogenated alkanes) is 1. The monoisotopic (exact) mass is 154 g/mol. The topological polar surface area (TPSA) is 0 Å². The molecule has 0 heteroatoms. The van der Waals surface area contributed by atoms with E-state index in [0.717, 1.165) is 11.8 Å². The second kappa shape index (κ2) is 4.79. The highest BCUT2D eigenvalue weighted by molar-refractivity contribution is 4.71. The predicted molar refractivity (Wildman–Crippen MR) is 50.6 cm³/mol. The molecule has 2 atom stereocenters. The lowest BCUT2D eigenvalue weighted by atomic mass is 9.78. The van der Waals surface area contributed by atoms with Gasteiger partial charge in [0.1, 0.15) is 0 Å². The highest BCUT2D eigenvalue weighted by atomic mass is 14.3. The van der Waals surface area contributed by atoms with Crippen LogP contribution < -0.4 is 0 Å². The maximum Gasteiger partial charge on any atom is -0.0388 e. The van der Waals surface area contributed by atoms with Crippen LogP contribution in [0.5, 0.6) is 0 Å². The maximum atomic E-state index is 2.44. The lowest BCUT2D eigenvalue weighted by Gasteiger charge is -2.28. The number of rotatable bonds is 3. The highest BCUT2D eigenvalue weighted by Crippen LogP contribution is 2.32. The Morgan fingerprint density at radius 3 is 2.55 bits per heavy atom. The normalized spacial score (nSPS) is 32.2. The molecule has 66 valence electrons. The SMILES string of the molecule is CCCC[C@@H]1CCCC[C@H]1C. The molecule has 0 unspecified atom stereocenters. The van der Waals surface area contributed by atoms with Gasteiger partial charge in [-0.05, 0) is 11.8 Å². The third kappa shape index (κ3) is 2.84. The van der Waals surface area contributed by atoms with Gasteiger partial charge in [0.15, 0.2) is 0 Å². The van der Waals surface area contributed by atoms with Crippen LogP contribution in [0.4, 0.5) is 0 Å². The van der Waals surface area contributed by atoms with E-state index in [9.17, 15) is 0 Å². The highest BCUT2D eigenvalue weighted by Gasteiger charge is 2.19. The minimum atomic E-state index is 1.02. The van der Waals surface area contributed by atoms with Crippen molar-refractivity contribution in [2.75, 3.05) is 0 Å². The summed E-state index contributed by atoms with van der Waals surface area (Å²) in [6.07, 6.45) is 10.3.